The highest BCUT2D eigenvalue weighted by molar-refractivity contribution is 6.00. The van der Waals surface area contributed by atoms with Gasteiger partial charge in [0.15, 0.2) is 16.7 Å². The van der Waals surface area contributed by atoms with Crippen LogP contribution in [0.5, 0.6) is 0 Å². The van der Waals surface area contributed by atoms with Gasteiger partial charge in [0.05, 0.1) is 30.1 Å². The fourth-order valence-corrected chi connectivity index (χ4v) is 9.02. The molecule has 0 radical (unpaired) electrons. The van der Waals surface area contributed by atoms with Gasteiger partial charge in [-0.1, -0.05) is 50.2 Å². The second-order valence-corrected chi connectivity index (χ2v) is 16.9. The number of para-hydroxylation sites is 1. The van der Waals surface area contributed by atoms with Crippen molar-refractivity contribution in [3.8, 4) is 6.07 Å². The Morgan fingerprint density at radius 2 is 1.31 bits per heavy atom. The first kappa shape index (κ1) is 44.5. The molecule has 8 heterocycles. The van der Waals surface area contributed by atoms with E-state index >= 15 is 0 Å². The predicted molar refractivity (Wildman–Crippen MR) is 236 cm³/mol. The summed E-state index contributed by atoms with van der Waals surface area (Å²) in [5.41, 5.74) is 1.63. The minimum Gasteiger partial charge on any atom is -0.478 e. The van der Waals surface area contributed by atoms with Crippen LogP contribution < -0.4 is 16.4 Å². The van der Waals surface area contributed by atoms with E-state index in [0.29, 0.717) is 66.2 Å². The quantitative estimate of drug-likeness (QED) is 0.167. The zero-order chi connectivity index (χ0) is 45.6. The van der Waals surface area contributed by atoms with Crippen molar-refractivity contribution in [3.05, 3.63) is 133 Å². The third-order valence-electron chi connectivity index (χ3n) is 12.7. The van der Waals surface area contributed by atoms with Crippen molar-refractivity contribution >= 4 is 28.6 Å². The maximum Gasteiger partial charge on any atom is 0.337 e. The standard InChI is InChI=1S/C23H24N6O3.C15H21N5O2.C8H5NO2/c1-14-12-28(23(31)16-5-3-4-6-18(16)24-2)13-17(14)20-26-22(30)19-11-25-21(29(19)27-20)15-7-9-32-10-8-15;1-9-6-16-7-11(9)13-18-15(21)12-8-17-14(20(12)19-13)10-2-4-22-5-3-10;9-5-6-3-1-2-4-7(6)8(10)11/h3-6,11,14-15,17H,7-10,12-13H2,1H3,(H,26,27,30);8-11,16H,2-7H2,1H3,(H,18,19,21);1-4H,(H,10,11). The van der Waals surface area contributed by atoms with Crippen LogP contribution in [0.1, 0.15) is 113 Å². The van der Waals surface area contributed by atoms with Crippen LogP contribution in [0, 0.1) is 29.7 Å². The van der Waals surface area contributed by atoms with E-state index in [9.17, 15) is 19.2 Å². The van der Waals surface area contributed by atoms with E-state index in [0.717, 1.165) is 69.5 Å². The summed E-state index contributed by atoms with van der Waals surface area (Å²) in [4.78, 5) is 68.8. The monoisotopic (exact) mass is 882 g/mol. The fraction of sp³-hybridized carbons (Fsp3) is 0.435. The van der Waals surface area contributed by atoms with E-state index in [1.165, 1.54) is 12.1 Å². The van der Waals surface area contributed by atoms with Gasteiger partial charge >= 0.3 is 5.97 Å². The topological polar surface area (TPSA) is 242 Å². The Labute approximate surface area is 373 Å². The van der Waals surface area contributed by atoms with Gasteiger partial charge in [-0.25, -0.2) is 28.6 Å². The smallest absolute Gasteiger partial charge is 0.337 e. The highest BCUT2D eigenvalue weighted by Crippen LogP contribution is 2.33. The highest BCUT2D eigenvalue weighted by Gasteiger charge is 2.37. The maximum atomic E-state index is 13.1. The van der Waals surface area contributed by atoms with Crippen LogP contribution >= 0.6 is 0 Å². The summed E-state index contributed by atoms with van der Waals surface area (Å²) in [6.07, 6.45) is 6.79. The number of aromatic nitrogens is 8. The first-order valence-electron chi connectivity index (χ1n) is 21.9. The Kier molecular flexibility index (Phi) is 13.5. The maximum absolute atomic E-state index is 13.1. The highest BCUT2D eigenvalue weighted by atomic mass is 16.5. The largest absolute Gasteiger partial charge is 0.478 e. The molecule has 0 spiro atoms. The molecule has 4 aliphatic rings. The average molecular weight is 883 g/mol. The molecule has 19 heteroatoms. The molecule has 4 unspecified atom stereocenters. The van der Waals surface area contributed by atoms with Crippen LogP contribution in [0.2, 0.25) is 0 Å². The van der Waals surface area contributed by atoms with E-state index in [1.54, 1.807) is 68.8 Å². The first-order valence-corrected chi connectivity index (χ1v) is 21.9. The number of likely N-dealkylation sites (tertiary alicyclic amines) is 1. The van der Waals surface area contributed by atoms with Gasteiger partial charge in [0.1, 0.15) is 29.4 Å². The van der Waals surface area contributed by atoms with Crippen LogP contribution in [-0.4, -0.2) is 114 Å². The van der Waals surface area contributed by atoms with Gasteiger partial charge in [-0.2, -0.15) is 15.5 Å². The van der Waals surface area contributed by atoms with E-state index in [4.69, 9.17) is 36.6 Å². The number of nitrogens with zero attached hydrogens (tertiary/aromatic N) is 9. The van der Waals surface area contributed by atoms with Crippen LogP contribution in [0.4, 0.5) is 5.69 Å². The number of nitriles is 1. The van der Waals surface area contributed by atoms with Crippen LogP contribution in [0.15, 0.2) is 70.5 Å². The molecule has 19 nitrogen and oxygen atoms in total. The average Bonchev–Trinajstić information content (AvgIpc) is 4.16. The number of rotatable bonds is 6. The van der Waals surface area contributed by atoms with Crippen molar-refractivity contribution in [3.63, 3.8) is 0 Å². The Balaban J connectivity index is 0.000000150. The van der Waals surface area contributed by atoms with Crippen molar-refractivity contribution in [2.75, 3.05) is 52.6 Å². The molecule has 4 aromatic heterocycles. The van der Waals surface area contributed by atoms with Crippen molar-refractivity contribution in [1.82, 2.24) is 49.4 Å². The summed E-state index contributed by atoms with van der Waals surface area (Å²) in [7, 11) is 0. The van der Waals surface area contributed by atoms with Gasteiger partial charge < -0.3 is 34.8 Å². The van der Waals surface area contributed by atoms with Gasteiger partial charge in [-0.05, 0) is 56.2 Å². The van der Waals surface area contributed by atoms with Crippen molar-refractivity contribution in [1.29, 1.82) is 5.26 Å². The second kappa shape index (κ2) is 19.8. The lowest BCUT2D eigenvalue weighted by molar-refractivity contribution is 0.0695. The number of aromatic amines is 2. The number of ether oxygens (including phenoxy) is 2. The number of aromatic carboxylic acids is 1. The van der Waals surface area contributed by atoms with Crippen LogP contribution in [-0.2, 0) is 9.47 Å². The minimum atomic E-state index is -1.07. The summed E-state index contributed by atoms with van der Waals surface area (Å²) in [5.74, 6) is 3.02. The number of amides is 1. The second-order valence-electron chi connectivity index (χ2n) is 16.9. The molecule has 1 amide bonds. The third kappa shape index (κ3) is 9.44. The van der Waals surface area contributed by atoms with Gasteiger partial charge in [-0.3, -0.25) is 14.4 Å². The zero-order valence-electron chi connectivity index (χ0n) is 36.1. The minimum absolute atomic E-state index is 0.0509. The van der Waals surface area contributed by atoms with Gasteiger partial charge in [-0.15, -0.1) is 0 Å². The molecule has 4 N–H and O–H groups in total. The van der Waals surface area contributed by atoms with E-state index in [2.05, 4.69) is 43.9 Å². The molecule has 65 heavy (non-hydrogen) atoms. The van der Waals surface area contributed by atoms with E-state index < -0.39 is 5.97 Å². The lowest BCUT2D eigenvalue weighted by atomic mass is 9.97. The number of hydrogen-bond donors (Lipinski definition) is 4. The number of carbonyl (C=O) groups excluding carboxylic acids is 1. The molecule has 6 aromatic rings. The number of H-pyrrole nitrogens is 2. The molecule has 0 aliphatic carbocycles. The Hall–Kier alpha value is -7.06. The number of hydrogen-bond acceptors (Lipinski definition) is 12. The summed E-state index contributed by atoms with van der Waals surface area (Å²) < 4.78 is 14.3. The molecule has 0 bridgehead atoms. The SMILES string of the molecule is CC1CNCC1c1nn2c(C3CCOCC3)ncc2c(=O)[nH]1.N#Cc1ccccc1C(=O)O.[C-]#[N+]c1ccccc1C(=O)N1CC(C)C(c2nn3c(C4CCOCC4)ncc3c(=O)[nH]2)C1. The van der Waals surface area contributed by atoms with Crippen molar-refractivity contribution in [2.24, 2.45) is 11.8 Å². The lowest BCUT2D eigenvalue weighted by Gasteiger charge is -2.21. The van der Waals surface area contributed by atoms with Gasteiger partial charge in [0.2, 0.25) is 5.91 Å². The number of fused-ring (bicyclic) bond motifs is 2. The van der Waals surface area contributed by atoms with Crippen LogP contribution in [0.3, 0.4) is 0 Å². The first-order chi connectivity index (χ1) is 31.6. The third-order valence-corrected chi connectivity index (χ3v) is 12.7. The summed E-state index contributed by atoms with van der Waals surface area (Å²) in [5, 5.41) is 29.9. The number of imidazole rings is 2. The lowest BCUT2D eigenvalue weighted by Crippen LogP contribution is -2.29. The number of benzene rings is 2. The molecule has 0 saturated carbocycles. The van der Waals surface area contributed by atoms with Crippen molar-refractivity contribution in [2.45, 2.75) is 63.2 Å². The molecular weight excluding hydrogens is 833 g/mol. The summed E-state index contributed by atoms with van der Waals surface area (Å²) >= 11 is 0. The number of carboxylic acids is 1. The summed E-state index contributed by atoms with van der Waals surface area (Å²) in [6, 6.07) is 14.8. The Bertz CT molecular complexity index is 2900. The van der Waals surface area contributed by atoms with Gasteiger partial charge in [0.25, 0.3) is 11.1 Å². The Morgan fingerprint density at radius 1 is 0.769 bits per heavy atom. The fourth-order valence-electron chi connectivity index (χ4n) is 9.02. The molecule has 336 valence electrons. The summed E-state index contributed by atoms with van der Waals surface area (Å²) in [6.45, 7) is 17.2. The molecule has 4 fully saturated rings. The number of carboxylic acid groups (broad SMARTS) is 1. The molecule has 2 aromatic carbocycles. The molecule has 4 aliphatic heterocycles. The predicted octanol–water partition coefficient (Wildman–Crippen LogP) is 4.63. The van der Waals surface area contributed by atoms with E-state index in [-0.39, 0.29) is 51.8 Å². The molecule has 4 saturated heterocycles. The van der Waals surface area contributed by atoms with E-state index in [1.807, 2.05) is 0 Å². The number of carbonyl (C=O) groups is 2. The molecule has 10 rings (SSSR count). The number of nitrogens with one attached hydrogen (secondary N) is 3. The molecular formula is C46H50N12O7. The molecule has 4 atom stereocenters. The Morgan fingerprint density at radius 3 is 1.82 bits per heavy atom. The van der Waals surface area contributed by atoms with Gasteiger partial charge in [0, 0.05) is 75.3 Å². The van der Waals surface area contributed by atoms with Crippen molar-refractivity contribution < 1.29 is 24.2 Å². The van der Waals surface area contributed by atoms with Crippen LogP contribution in [0.25, 0.3) is 15.9 Å². The normalized spacial score (nSPS) is 21.2. The zero-order valence-corrected chi connectivity index (χ0v) is 36.1.